The Labute approximate surface area is 141 Å². The average Bonchev–Trinajstić information content (AvgIpc) is 3.16. The Morgan fingerprint density at radius 2 is 2.30 bits per heavy atom. The molecule has 1 aromatic heterocycles. The molecule has 2 atom stereocenters. The molecule has 0 spiro atoms. The molecule has 3 N–H and O–H groups in total. The molecule has 122 valence electrons. The quantitative estimate of drug-likeness (QED) is 0.741. The Kier molecular flexibility index (Phi) is 4.68. The van der Waals surface area contributed by atoms with Crippen LogP contribution in [0.3, 0.4) is 0 Å². The van der Waals surface area contributed by atoms with Crippen molar-refractivity contribution in [2.24, 2.45) is 0 Å². The molecule has 2 heterocycles. The van der Waals surface area contributed by atoms with E-state index < -0.39 is 18.1 Å². The molecule has 1 amide bonds. The van der Waals surface area contributed by atoms with Gasteiger partial charge in [-0.3, -0.25) is 4.79 Å². The maximum atomic E-state index is 12.1. The van der Waals surface area contributed by atoms with Crippen molar-refractivity contribution in [1.29, 1.82) is 0 Å². The number of hydrogen-bond donors (Lipinski definition) is 3. The Hall–Kier alpha value is -1.86. The molecule has 1 aromatic carbocycles. The zero-order chi connectivity index (χ0) is 16.4. The lowest BCUT2D eigenvalue weighted by atomic mass is 10.0. The predicted octanol–water partition coefficient (Wildman–Crippen LogP) is 2.22. The highest BCUT2D eigenvalue weighted by Gasteiger charge is 2.28. The van der Waals surface area contributed by atoms with Crippen LogP contribution in [0.4, 0.5) is 0 Å². The molecular weight excluding hydrogens is 364 g/mol. The summed E-state index contributed by atoms with van der Waals surface area (Å²) in [7, 11) is 0. The normalized spacial score (nSPS) is 18.9. The molecule has 0 radical (unpaired) electrons. The number of carboxylic acids is 1. The smallest absolute Gasteiger partial charge is 0.326 e. The third kappa shape index (κ3) is 3.40. The number of aromatic nitrogens is 1. The minimum atomic E-state index is -1.06. The summed E-state index contributed by atoms with van der Waals surface area (Å²) in [5.74, 6) is -1.41. The zero-order valence-corrected chi connectivity index (χ0v) is 13.9. The summed E-state index contributed by atoms with van der Waals surface area (Å²) in [5.41, 5.74) is 1.76. The molecule has 6 nitrogen and oxygen atoms in total. The molecule has 0 aliphatic carbocycles. The van der Waals surface area contributed by atoms with E-state index in [4.69, 9.17) is 4.74 Å². The minimum Gasteiger partial charge on any atom is -0.480 e. The fraction of sp³-hybridized carbons (Fsp3) is 0.375. The summed E-state index contributed by atoms with van der Waals surface area (Å²) in [6, 6.07) is 4.74. The van der Waals surface area contributed by atoms with E-state index in [2.05, 4.69) is 26.2 Å². The number of hydrogen-bond acceptors (Lipinski definition) is 3. The van der Waals surface area contributed by atoms with Gasteiger partial charge in [-0.15, -0.1) is 0 Å². The number of fused-ring (bicyclic) bond motifs is 1. The molecule has 1 unspecified atom stereocenters. The average molecular weight is 381 g/mol. The molecule has 2 aromatic rings. The van der Waals surface area contributed by atoms with Gasteiger partial charge in [0.2, 0.25) is 5.91 Å². The molecule has 1 aliphatic rings. The molecule has 7 heteroatoms. The molecule has 0 bridgehead atoms. The summed E-state index contributed by atoms with van der Waals surface area (Å²) >= 11 is 3.48. The zero-order valence-electron chi connectivity index (χ0n) is 12.3. The van der Waals surface area contributed by atoms with Crippen LogP contribution in [-0.2, 0) is 20.7 Å². The lowest BCUT2D eigenvalue weighted by molar-refractivity contribution is -0.143. The first-order valence-corrected chi connectivity index (χ1v) is 8.25. The van der Waals surface area contributed by atoms with Crippen LogP contribution >= 0.6 is 15.9 Å². The highest BCUT2D eigenvalue weighted by Crippen LogP contribution is 2.27. The fourth-order valence-electron chi connectivity index (χ4n) is 2.84. The van der Waals surface area contributed by atoms with Crippen LogP contribution in [0.25, 0.3) is 10.9 Å². The van der Waals surface area contributed by atoms with Gasteiger partial charge in [0.15, 0.2) is 0 Å². The second-order valence-corrected chi connectivity index (χ2v) is 6.44. The number of carboxylic acid groups (broad SMARTS) is 1. The van der Waals surface area contributed by atoms with Gasteiger partial charge in [0.25, 0.3) is 0 Å². The Balaban J connectivity index is 1.78. The molecule has 1 fully saturated rings. The summed E-state index contributed by atoms with van der Waals surface area (Å²) in [6.07, 6.45) is 2.91. The number of ether oxygens (including phenoxy) is 1. The van der Waals surface area contributed by atoms with E-state index in [0.29, 0.717) is 13.0 Å². The highest BCUT2D eigenvalue weighted by atomic mass is 79.9. The number of halogens is 1. The monoisotopic (exact) mass is 380 g/mol. The highest BCUT2D eigenvalue weighted by molar-refractivity contribution is 9.10. The van der Waals surface area contributed by atoms with Gasteiger partial charge in [-0.05, 0) is 30.5 Å². The van der Waals surface area contributed by atoms with Gasteiger partial charge < -0.3 is 20.1 Å². The van der Waals surface area contributed by atoms with E-state index in [1.807, 2.05) is 18.2 Å². The van der Waals surface area contributed by atoms with Crippen molar-refractivity contribution in [3.63, 3.8) is 0 Å². The van der Waals surface area contributed by atoms with E-state index in [1.165, 1.54) is 0 Å². The second-order valence-electron chi connectivity index (χ2n) is 5.58. The van der Waals surface area contributed by atoms with Crippen molar-refractivity contribution in [2.75, 3.05) is 6.61 Å². The minimum absolute atomic E-state index is 0.205. The van der Waals surface area contributed by atoms with E-state index in [9.17, 15) is 14.7 Å². The van der Waals surface area contributed by atoms with Crippen LogP contribution in [0.15, 0.2) is 28.9 Å². The number of amides is 1. The van der Waals surface area contributed by atoms with Crippen molar-refractivity contribution < 1.29 is 19.4 Å². The summed E-state index contributed by atoms with van der Waals surface area (Å²) < 4.78 is 6.19. The molecule has 0 saturated carbocycles. The number of rotatable bonds is 5. The maximum Gasteiger partial charge on any atom is 0.326 e. The number of aromatic amines is 1. The standard InChI is InChI=1S/C16H17BrN2O4/c17-10-3-1-4-11-14(10)9(8-18-11)7-12(16(21)22)19-15(20)13-5-2-6-23-13/h1,3-4,8,12-13,18H,2,5-7H2,(H,19,20)(H,21,22)/t12?,13-/m0/s1. The number of carbonyl (C=O) groups is 2. The molecule has 23 heavy (non-hydrogen) atoms. The lowest BCUT2D eigenvalue weighted by Crippen LogP contribution is -2.46. The molecule has 3 rings (SSSR count). The van der Waals surface area contributed by atoms with Crippen LogP contribution in [-0.4, -0.2) is 40.7 Å². The van der Waals surface area contributed by atoms with Crippen LogP contribution in [0, 0.1) is 0 Å². The third-order valence-electron chi connectivity index (χ3n) is 4.00. The van der Waals surface area contributed by atoms with E-state index in [0.717, 1.165) is 27.4 Å². The first-order chi connectivity index (χ1) is 11.1. The molecule has 1 aliphatic heterocycles. The van der Waals surface area contributed by atoms with Crippen molar-refractivity contribution >= 4 is 38.7 Å². The van der Waals surface area contributed by atoms with E-state index in [-0.39, 0.29) is 12.3 Å². The number of carbonyl (C=O) groups excluding carboxylic acids is 1. The van der Waals surface area contributed by atoms with E-state index in [1.54, 1.807) is 6.20 Å². The maximum absolute atomic E-state index is 12.1. The first kappa shape index (κ1) is 16.0. The third-order valence-corrected chi connectivity index (χ3v) is 4.66. The summed E-state index contributed by atoms with van der Waals surface area (Å²) in [6.45, 7) is 0.547. The first-order valence-electron chi connectivity index (χ1n) is 7.45. The largest absolute Gasteiger partial charge is 0.480 e. The SMILES string of the molecule is O=C(O)C(Cc1c[nH]c2cccc(Br)c12)NC(=O)[C@@H]1CCCO1. The molecular formula is C16H17BrN2O4. The fourth-order valence-corrected chi connectivity index (χ4v) is 3.46. The predicted molar refractivity (Wildman–Crippen MR) is 88.2 cm³/mol. The number of H-pyrrole nitrogens is 1. The van der Waals surface area contributed by atoms with Gasteiger partial charge in [0, 0.05) is 34.6 Å². The van der Waals surface area contributed by atoms with Crippen molar-refractivity contribution in [3.8, 4) is 0 Å². The van der Waals surface area contributed by atoms with Crippen LogP contribution in [0.5, 0.6) is 0 Å². The van der Waals surface area contributed by atoms with Crippen molar-refractivity contribution in [2.45, 2.75) is 31.4 Å². The number of benzene rings is 1. The van der Waals surface area contributed by atoms with Crippen molar-refractivity contribution in [3.05, 3.63) is 34.4 Å². The van der Waals surface area contributed by atoms with E-state index >= 15 is 0 Å². The Morgan fingerprint density at radius 3 is 3.00 bits per heavy atom. The summed E-state index contributed by atoms with van der Waals surface area (Å²) in [5, 5.41) is 13.0. The number of aliphatic carboxylic acids is 1. The second kappa shape index (κ2) is 6.72. The van der Waals surface area contributed by atoms with Gasteiger partial charge in [0.1, 0.15) is 12.1 Å². The van der Waals surface area contributed by atoms with Crippen molar-refractivity contribution in [1.82, 2.24) is 10.3 Å². The van der Waals surface area contributed by atoms with Crippen LogP contribution < -0.4 is 5.32 Å². The van der Waals surface area contributed by atoms with Gasteiger partial charge in [-0.1, -0.05) is 22.0 Å². The van der Waals surface area contributed by atoms with Crippen LogP contribution in [0.2, 0.25) is 0 Å². The van der Waals surface area contributed by atoms with Crippen LogP contribution in [0.1, 0.15) is 18.4 Å². The topological polar surface area (TPSA) is 91.4 Å². The van der Waals surface area contributed by atoms with Gasteiger partial charge in [-0.2, -0.15) is 0 Å². The Morgan fingerprint density at radius 1 is 1.48 bits per heavy atom. The summed E-state index contributed by atoms with van der Waals surface area (Å²) in [4.78, 5) is 26.7. The lowest BCUT2D eigenvalue weighted by Gasteiger charge is -2.17. The van der Waals surface area contributed by atoms with Gasteiger partial charge in [0.05, 0.1) is 0 Å². The van der Waals surface area contributed by atoms with Gasteiger partial charge >= 0.3 is 5.97 Å². The Bertz CT molecular complexity index is 737. The van der Waals surface area contributed by atoms with Gasteiger partial charge in [-0.25, -0.2) is 4.79 Å². The molecule has 1 saturated heterocycles. The number of nitrogens with one attached hydrogen (secondary N) is 2.